The van der Waals surface area contributed by atoms with E-state index in [-0.39, 0.29) is 5.82 Å². The quantitative estimate of drug-likeness (QED) is 0.915. The molecular weight excluding hydrogens is 247 g/mol. The number of alkyl halides is 3. The Labute approximate surface area is 101 Å². The first kappa shape index (κ1) is 12.3. The highest BCUT2D eigenvalue weighted by molar-refractivity contribution is 5.31. The van der Waals surface area contributed by atoms with E-state index in [9.17, 15) is 13.2 Å². The van der Waals surface area contributed by atoms with Crippen LogP contribution in [0, 0.1) is 0 Å². The van der Waals surface area contributed by atoms with Crippen molar-refractivity contribution in [1.82, 2.24) is 19.7 Å². The average Bonchev–Trinajstić information content (AvgIpc) is 2.78. The molecule has 0 aliphatic rings. The van der Waals surface area contributed by atoms with Crippen molar-refractivity contribution in [2.45, 2.75) is 13.1 Å². The summed E-state index contributed by atoms with van der Waals surface area (Å²) in [4.78, 5) is 7.96. The van der Waals surface area contributed by atoms with Gasteiger partial charge < -0.3 is 5.32 Å². The van der Waals surface area contributed by atoms with Gasteiger partial charge in [-0.25, -0.2) is 9.67 Å². The van der Waals surface area contributed by atoms with E-state index in [1.54, 1.807) is 0 Å². The van der Waals surface area contributed by atoms with E-state index in [4.69, 9.17) is 0 Å². The molecular formula is C10H10F3N5. The fourth-order valence-electron chi connectivity index (χ4n) is 1.31. The van der Waals surface area contributed by atoms with Crippen molar-refractivity contribution in [3.8, 4) is 5.82 Å². The monoisotopic (exact) mass is 257 g/mol. The fourth-order valence-corrected chi connectivity index (χ4v) is 1.31. The maximum absolute atomic E-state index is 12.4. The van der Waals surface area contributed by atoms with E-state index in [1.165, 1.54) is 12.3 Å². The van der Waals surface area contributed by atoms with Crippen molar-refractivity contribution in [2.75, 3.05) is 11.9 Å². The van der Waals surface area contributed by atoms with Gasteiger partial charge in [-0.3, -0.25) is 0 Å². The number of rotatable bonds is 3. The van der Waals surface area contributed by atoms with Gasteiger partial charge >= 0.3 is 6.18 Å². The second-order valence-electron chi connectivity index (χ2n) is 3.44. The Balaban J connectivity index is 2.31. The summed E-state index contributed by atoms with van der Waals surface area (Å²) in [6, 6.07) is 1.48. The molecule has 2 aromatic rings. The van der Waals surface area contributed by atoms with Gasteiger partial charge in [0.1, 0.15) is 0 Å². The zero-order valence-corrected chi connectivity index (χ0v) is 9.44. The van der Waals surface area contributed by atoms with Gasteiger partial charge in [0, 0.05) is 25.0 Å². The van der Waals surface area contributed by atoms with E-state index in [1.807, 2.05) is 6.92 Å². The van der Waals surface area contributed by atoms with Gasteiger partial charge in [-0.2, -0.15) is 23.3 Å². The summed E-state index contributed by atoms with van der Waals surface area (Å²) in [5, 5.41) is 6.50. The lowest BCUT2D eigenvalue weighted by atomic mass is 10.4. The molecule has 0 radical (unpaired) electrons. The van der Waals surface area contributed by atoms with Gasteiger partial charge in [-0.05, 0) is 6.92 Å². The standard InChI is InChI=1S/C10H10F3N5/c1-2-14-9-15-4-3-8(17-9)18-6-7(5-16-18)10(11,12)13/h3-6H,2H2,1H3,(H,14,15,17). The minimum absolute atomic E-state index is 0.274. The van der Waals surface area contributed by atoms with Crippen LogP contribution in [0.2, 0.25) is 0 Å². The summed E-state index contributed by atoms with van der Waals surface area (Å²) < 4.78 is 38.3. The number of aromatic nitrogens is 4. The van der Waals surface area contributed by atoms with Crippen molar-refractivity contribution in [1.29, 1.82) is 0 Å². The number of anilines is 1. The molecule has 0 aliphatic carbocycles. The lowest BCUT2D eigenvalue weighted by Gasteiger charge is -2.04. The third-order valence-corrected chi connectivity index (χ3v) is 2.12. The summed E-state index contributed by atoms with van der Waals surface area (Å²) in [7, 11) is 0. The van der Waals surface area contributed by atoms with E-state index < -0.39 is 11.7 Å². The van der Waals surface area contributed by atoms with Crippen LogP contribution in [-0.2, 0) is 6.18 Å². The largest absolute Gasteiger partial charge is 0.419 e. The molecule has 0 amide bonds. The molecule has 2 aromatic heterocycles. The van der Waals surface area contributed by atoms with Crippen LogP contribution < -0.4 is 5.32 Å². The summed E-state index contributed by atoms with van der Waals surface area (Å²) in [6.07, 6.45) is -1.31. The molecule has 18 heavy (non-hydrogen) atoms. The zero-order chi connectivity index (χ0) is 13.2. The van der Waals surface area contributed by atoms with Crippen molar-refractivity contribution >= 4 is 5.95 Å². The first-order chi connectivity index (χ1) is 8.50. The predicted molar refractivity (Wildman–Crippen MR) is 58.3 cm³/mol. The smallest absolute Gasteiger partial charge is 0.354 e. The highest BCUT2D eigenvalue weighted by Gasteiger charge is 2.32. The molecule has 0 atom stereocenters. The molecule has 0 saturated heterocycles. The highest BCUT2D eigenvalue weighted by atomic mass is 19.4. The molecule has 5 nitrogen and oxygen atoms in total. The molecule has 0 bridgehead atoms. The Morgan fingerprint density at radius 2 is 2.17 bits per heavy atom. The van der Waals surface area contributed by atoms with Gasteiger partial charge in [0.05, 0.1) is 11.8 Å². The molecule has 0 unspecified atom stereocenters. The van der Waals surface area contributed by atoms with Gasteiger partial charge in [0.2, 0.25) is 5.95 Å². The first-order valence-corrected chi connectivity index (χ1v) is 5.20. The van der Waals surface area contributed by atoms with Gasteiger partial charge in [0.25, 0.3) is 0 Å². The molecule has 96 valence electrons. The Morgan fingerprint density at radius 3 is 2.78 bits per heavy atom. The number of halogens is 3. The van der Waals surface area contributed by atoms with Crippen molar-refractivity contribution in [3.63, 3.8) is 0 Å². The van der Waals surface area contributed by atoms with E-state index in [0.717, 1.165) is 17.1 Å². The second-order valence-corrected chi connectivity index (χ2v) is 3.44. The molecule has 2 rings (SSSR count). The van der Waals surface area contributed by atoms with Gasteiger partial charge in [-0.1, -0.05) is 0 Å². The molecule has 0 saturated carbocycles. The minimum Gasteiger partial charge on any atom is -0.354 e. The summed E-state index contributed by atoms with van der Waals surface area (Å²) in [5.41, 5.74) is -0.814. The number of nitrogens with one attached hydrogen (secondary N) is 1. The molecule has 0 fully saturated rings. The molecule has 2 heterocycles. The van der Waals surface area contributed by atoms with Crippen molar-refractivity contribution in [3.05, 3.63) is 30.2 Å². The van der Waals surface area contributed by atoms with E-state index in [0.29, 0.717) is 12.5 Å². The molecule has 0 spiro atoms. The second kappa shape index (κ2) is 4.63. The van der Waals surface area contributed by atoms with Crippen LogP contribution in [0.5, 0.6) is 0 Å². The van der Waals surface area contributed by atoms with Crippen LogP contribution in [0.3, 0.4) is 0 Å². The van der Waals surface area contributed by atoms with Crippen LogP contribution in [0.15, 0.2) is 24.7 Å². The summed E-state index contributed by atoms with van der Waals surface area (Å²) >= 11 is 0. The minimum atomic E-state index is -4.41. The van der Waals surface area contributed by atoms with Gasteiger partial charge in [0.15, 0.2) is 5.82 Å². The molecule has 0 aromatic carbocycles. The normalized spacial score (nSPS) is 11.6. The molecule has 0 aliphatic heterocycles. The average molecular weight is 257 g/mol. The van der Waals surface area contributed by atoms with Crippen LogP contribution >= 0.6 is 0 Å². The van der Waals surface area contributed by atoms with Gasteiger partial charge in [-0.15, -0.1) is 0 Å². The topological polar surface area (TPSA) is 55.6 Å². The Bertz CT molecular complexity index is 534. The highest BCUT2D eigenvalue weighted by Crippen LogP contribution is 2.28. The van der Waals surface area contributed by atoms with Crippen LogP contribution in [-0.4, -0.2) is 26.3 Å². The Kier molecular flexibility index (Phi) is 3.17. The SMILES string of the molecule is CCNc1nccc(-n2cc(C(F)(F)F)cn2)n1. The first-order valence-electron chi connectivity index (χ1n) is 5.20. The predicted octanol–water partition coefficient (Wildman–Crippen LogP) is 2.11. The number of hydrogen-bond donors (Lipinski definition) is 1. The summed E-state index contributed by atoms with van der Waals surface area (Å²) in [5.74, 6) is 0.621. The van der Waals surface area contributed by atoms with Crippen LogP contribution in [0.1, 0.15) is 12.5 Å². The maximum Gasteiger partial charge on any atom is 0.419 e. The Hall–Kier alpha value is -2.12. The van der Waals surface area contributed by atoms with Crippen LogP contribution in [0.4, 0.5) is 19.1 Å². The van der Waals surface area contributed by atoms with Crippen LogP contribution in [0.25, 0.3) is 5.82 Å². The number of hydrogen-bond acceptors (Lipinski definition) is 4. The van der Waals surface area contributed by atoms with Crippen molar-refractivity contribution in [2.24, 2.45) is 0 Å². The number of nitrogens with zero attached hydrogens (tertiary/aromatic N) is 4. The molecule has 8 heteroatoms. The van der Waals surface area contributed by atoms with Crippen molar-refractivity contribution < 1.29 is 13.2 Å². The van der Waals surface area contributed by atoms with E-state index >= 15 is 0 Å². The summed E-state index contributed by atoms with van der Waals surface area (Å²) in [6.45, 7) is 2.49. The third kappa shape index (κ3) is 2.58. The maximum atomic E-state index is 12.4. The third-order valence-electron chi connectivity index (χ3n) is 2.12. The van der Waals surface area contributed by atoms with E-state index in [2.05, 4.69) is 20.4 Å². The lowest BCUT2D eigenvalue weighted by Crippen LogP contribution is -2.06. The fraction of sp³-hybridized carbons (Fsp3) is 0.300. The zero-order valence-electron chi connectivity index (χ0n) is 9.44. The Morgan fingerprint density at radius 1 is 1.39 bits per heavy atom. The lowest BCUT2D eigenvalue weighted by molar-refractivity contribution is -0.137. The molecule has 1 N–H and O–H groups in total.